The van der Waals surface area contributed by atoms with Crippen LogP contribution in [0.25, 0.3) is 11.5 Å². The molecule has 8 nitrogen and oxygen atoms in total. The Morgan fingerprint density at radius 2 is 1.97 bits per heavy atom. The van der Waals surface area contributed by atoms with Crippen LogP contribution in [0, 0.1) is 0 Å². The largest absolute Gasteiger partial charge is 0.473 e. The molecule has 1 N–H and O–H groups in total. The highest BCUT2D eigenvalue weighted by molar-refractivity contribution is 5.80. The Balaban J connectivity index is 1.43. The van der Waals surface area contributed by atoms with Crippen molar-refractivity contribution >= 4 is 5.91 Å². The van der Waals surface area contributed by atoms with Crippen molar-refractivity contribution < 1.29 is 19.2 Å². The summed E-state index contributed by atoms with van der Waals surface area (Å²) < 4.78 is 11.0. The van der Waals surface area contributed by atoms with Crippen molar-refractivity contribution in [2.24, 2.45) is 0 Å². The number of amides is 1. The molecular weight excluding hydrogens is 372 g/mol. The van der Waals surface area contributed by atoms with Crippen molar-refractivity contribution in [3.63, 3.8) is 0 Å². The smallest absolute Gasteiger partial charge is 0.251 e. The molecule has 29 heavy (non-hydrogen) atoms. The molecule has 1 unspecified atom stereocenters. The van der Waals surface area contributed by atoms with Gasteiger partial charge in [-0.1, -0.05) is 41.6 Å². The van der Waals surface area contributed by atoms with Crippen LogP contribution in [0.5, 0.6) is 5.88 Å². The third kappa shape index (κ3) is 4.78. The van der Waals surface area contributed by atoms with Crippen LogP contribution in [0.15, 0.2) is 53.1 Å². The summed E-state index contributed by atoms with van der Waals surface area (Å²) in [6, 6.07) is 15.2. The summed E-state index contributed by atoms with van der Waals surface area (Å²) in [6.45, 7) is 1.15. The van der Waals surface area contributed by atoms with E-state index < -0.39 is 6.10 Å². The third-order valence-corrected chi connectivity index (χ3v) is 4.73. The zero-order valence-corrected chi connectivity index (χ0v) is 15.9. The summed E-state index contributed by atoms with van der Waals surface area (Å²) in [6.07, 6.45) is 1.19. The molecule has 3 aromatic rings. The molecule has 1 amide bonds. The van der Waals surface area contributed by atoms with Gasteiger partial charge in [0.05, 0.1) is 0 Å². The molecule has 150 valence electrons. The molecule has 0 radical (unpaired) electrons. The lowest BCUT2D eigenvalue weighted by Crippen LogP contribution is -2.37. The second kappa shape index (κ2) is 8.83. The maximum absolute atomic E-state index is 12.2. The number of pyridine rings is 1. The number of likely N-dealkylation sites (tertiary alicyclic amines) is 1. The van der Waals surface area contributed by atoms with E-state index in [1.165, 1.54) is 0 Å². The van der Waals surface area contributed by atoms with Gasteiger partial charge in [-0.2, -0.15) is 4.98 Å². The molecule has 0 spiro atoms. The zero-order chi connectivity index (χ0) is 20.1. The van der Waals surface area contributed by atoms with Gasteiger partial charge in [0.2, 0.25) is 17.6 Å². The van der Waals surface area contributed by atoms with Gasteiger partial charge in [0.1, 0.15) is 24.9 Å². The molecule has 4 rings (SSSR count). The van der Waals surface area contributed by atoms with E-state index in [9.17, 15) is 9.90 Å². The van der Waals surface area contributed by atoms with Gasteiger partial charge in [-0.25, -0.2) is 4.98 Å². The Labute approximate surface area is 168 Å². The summed E-state index contributed by atoms with van der Waals surface area (Å²) in [5.41, 5.74) is 1.57. The SMILES string of the molecule is O=C1C(O)CCCCN1Cc1nc(-c2cccc(OCc3ccccc3)n2)no1. The Hall–Kier alpha value is -3.26. The fourth-order valence-electron chi connectivity index (χ4n) is 3.18. The molecule has 1 aromatic carbocycles. The minimum atomic E-state index is -0.958. The lowest BCUT2D eigenvalue weighted by molar-refractivity contribution is -0.140. The summed E-state index contributed by atoms with van der Waals surface area (Å²) >= 11 is 0. The van der Waals surface area contributed by atoms with E-state index >= 15 is 0 Å². The molecule has 1 saturated heterocycles. The van der Waals surface area contributed by atoms with Crippen LogP contribution in [-0.4, -0.2) is 43.7 Å². The van der Waals surface area contributed by atoms with Crippen molar-refractivity contribution in [2.75, 3.05) is 6.54 Å². The number of aromatic nitrogens is 3. The molecule has 0 bridgehead atoms. The zero-order valence-electron chi connectivity index (χ0n) is 15.9. The summed E-state index contributed by atoms with van der Waals surface area (Å²) in [7, 11) is 0. The number of rotatable bonds is 6. The average molecular weight is 394 g/mol. The Bertz CT molecular complexity index is 960. The number of aliphatic hydroxyl groups excluding tert-OH is 1. The molecule has 1 atom stereocenters. The maximum Gasteiger partial charge on any atom is 0.251 e. The van der Waals surface area contributed by atoms with Gasteiger partial charge in [0, 0.05) is 12.6 Å². The number of carbonyl (C=O) groups is 1. The lowest BCUT2D eigenvalue weighted by Gasteiger charge is -2.19. The standard InChI is InChI=1S/C21H22N4O4/c26-17-10-4-5-12-25(21(17)27)13-19-23-20(24-29-19)16-9-6-11-18(22-16)28-14-15-7-2-1-3-8-15/h1-3,6-9,11,17,26H,4-5,10,12-14H2. The van der Waals surface area contributed by atoms with Crippen molar-refractivity contribution in [3.05, 3.63) is 60.0 Å². The van der Waals surface area contributed by atoms with Crippen LogP contribution >= 0.6 is 0 Å². The Morgan fingerprint density at radius 3 is 2.83 bits per heavy atom. The van der Waals surface area contributed by atoms with Gasteiger partial charge in [-0.3, -0.25) is 4.79 Å². The molecule has 2 aromatic heterocycles. The van der Waals surface area contributed by atoms with Gasteiger partial charge in [0.25, 0.3) is 5.91 Å². The maximum atomic E-state index is 12.2. The second-order valence-corrected chi connectivity index (χ2v) is 6.92. The lowest BCUT2D eigenvalue weighted by atomic mass is 10.2. The molecule has 1 aliphatic rings. The molecule has 0 saturated carbocycles. The number of hydrogen-bond acceptors (Lipinski definition) is 7. The first kappa shape index (κ1) is 19.1. The predicted octanol–water partition coefficient (Wildman–Crippen LogP) is 2.58. The van der Waals surface area contributed by atoms with Crippen LogP contribution in [0.3, 0.4) is 0 Å². The van der Waals surface area contributed by atoms with Crippen molar-refractivity contribution in [1.82, 2.24) is 20.0 Å². The molecule has 1 fully saturated rings. The number of hydrogen-bond donors (Lipinski definition) is 1. The highest BCUT2D eigenvalue weighted by Crippen LogP contribution is 2.19. The van der Waals surface area contributed by atoms with E-state index in [-0.39, 0.29) is 12.5 Å². The molecule has 3 heterocycles. The first-order valence-corrected chi connectivity index (χ1v) is 9.62. The number of benzene rings is 1. The van der Waals surface area contributed by atoms with E-state index in [4.69, 9.17) is 9.26 Å². The second-order valence-electron chi connectivity index (χ2n) is 6.92. The number of nitrogens with zero attached hydrogens (tertiary/aromatic N) is 4. The fraction of sp³-hybridized carbons (Fsp3) is 0.333. The van der Waals surface area contributed by atoms with Gasteiger partial charge < -0.3 is 19.3 Å². The van der Waals surface area contributed by atoms with Crippen molar-refractivity contribution in [1.29, 1.82) is 0 Å². The molecule has 0 aliphatic carbocycles. The van der Waals surface area contributed by atoms with Gasteiger partial charge >= 0.3 is 0 Å². The first-order valence-electron chi connectivity index (χ1n) is 9.62. The van der Waals surface area contributed by atoms with Crippen LogP contribution < -0.4 is 4.74 Å². The van der Waals surface area contributed by atoms with Crippen molar-refractivity contribution in [2.45, 2.75) is 38.5 Å². The summed E-state index contributed by atoms with van der Waals surface area (Å²) in [5.74, 6) is 0.799. The van der Waals surface area contributed by atoms with Crippen LogP contribution in [-0.2, 0) is 17.9 Å². The number of aliphatic hydroxyl groups is 1. The average Bonchev–Trinajstić information content (AvgIpc) is 3.17. The van der Waals surface area contributed by atoms with Crippen LogP contribution in [0.1, 0.15) is 30.7 Å². The summed E-state index contributed by atoms with van der Waals surface area (Å²) in [4.78, 5) is 22.6. The van der Waals surface area contributed by atoms with E-state index in [1.807, 2.05) is 36.4 Å². The molecular formula is C21H22N4O4. The van der Waals surface area contributed by atoms with Crippen molar-refractivity contribution in [3.8, 4) is 17.4 Å². The monoisotopic (exact) mass is 394 g/mol. The highest BCUT2D eigenvalue weighted by Gasteiger charge is 2.26. The Morgan fingerprint density at radius 1 is 1.10 bits per heavy atom. The van der Waals surface area contributed by atoms with Gasteiger partial charge in [-0.05, 0) is 30.9 Å². The minimum Gasteiger partial charge on any atom is -0.473 e. The Kier molecular flexibility index (Phi) is 5.81. The number of ether oxygens (including phenoxy) is 1. The predicted molar refractivity (Wildman–Crippen MR) is 104 cm³/mol. The highest BCUT2D eigenvalue weighted by atomic mass is 16.5. The van der Waals surface area contributed by atoms with Crippen LogP contribution in [0.4, 0.5) is 0 Å². The van der Waals surface area contributed by atoms with Gasteiger partial charge in [0.15, 0.2) is 0 Å². The van der Waals surface area contributed by atoms with Crippen LogP contribution in [0.2, 0.25) is 0 Å². The first-order chi connectivity index (χ1) is 14.2. The molecule has 8 heteroatoms. The third-order valence-electron chi connectivity index (χ3n) is 4.73. The van der Waals surface area contributed by atoms with E-state index in [2.05, 4.69) is 15.1 Å². The quantitative estimate of drug-likeness (QED) is 0.686. The molecule has 1 aliphatic heterocycles. The van der Waals surface area contributed by atoms with E-state index in [0.29, 0.717) is 42.9 Å². The van der Waals surface area contributed by atoms with E-state index in [1.54, 1.807) is 17.0 Å². The van der Waals surface area contributed by atoms with Gasteiger partial charge in [-0.15, -0.1) is 0 Å². The van der Waals surface area contributed by atoms with E-state index in [0.717, 1.165) is 18.4 Å². The summed E-state index contributed by atoms with van der Waals surface area (Å²) in [5, 5.41) is 13.8. The normalized spacial score (nSPS) is 17.2. The fourth-order valence-corrected chi connectivity index (χ4v) is 3.18. The number of carbonyl (C=O) groups excluding carboxylic acids is 1. The minimum absolute atomic E-state index is 0.174. The topological polar surface area (TPSA) is 102 Å².